The van der Waals surface area contributed by atoms with Gasteiger partial charge in [0.15, 0.2) is 0 Å². The first kappa shape index (κ1) is 12.4. The highest BCUT2D eigenvalue weighted by molar-refractivity contribution is 5.83. The minimum Gasteiger partial charge on any atom is -0.370 e. The van der Waals surface area contributed by atoms with Crippen LogP contribution in [0.1, 0.15) is 46.0 Å². The van der Waals surface area contributed by atoms with Gasteiger partial charge in [-0.05, 0) is 40.3 Å². The average molecular weight is 252 g/mol. The van der Waals surface area contributed by atoms with Crippen LogP contribution in [-0.4, -0.2) is 47.7 Å². The molecule has 3 aliphatic heterocycles. The number of hydrogen-bond donors (Lipinski definition) is 1. The molecule has 3 saturated heterocycles. The first-order chi connectivity index (χ1) is 8.44. The van der Waals surface area contributed by atoms with Crippen molar-refractivity contribution in [3.8, 4) is 0 Å². The monoisotopic (exact) mass is 252 g/mol. The van der Waals surface area contributed by atoms with Crippen molar-refractivity contribution in [1.82, 2.24) is 10.2 Å². The predicted octanol–water partition coefficient (Wildman–Crippen LogP) is 1.30. The second-order valence-electron chi connectivity index (χ2n) is 6.70. The number of hydrogen-bond acceptors (Lipinski definition) is 3. The Morgan fingerprint density at radius 2 is 2.11 bits per heavy atom. The third-order valence-corrected chi connectivity index (χ3v) is 5.06. The quantitative estimate of drug-likeness (QED) is 0.805. The Labute approximate surface area is 109 Å². The number of rotatable bonds is 2. The van der Waals surface area contributed by atoms with E-state index in [1.54, 1.807) is 0 Å². The lowest BCUT2D eigenvalue weighted by molar-refractivity contribution is -0.130. The molecule has 2 bridgehead atoms. The van der Waals surface area contributed by atoms with Crippen LogP contribution >= 0.6 is 0 Å². The van der Waals surface area contributed by atoms with E-state index in [1.807, 2.05) is 0 Å². The van der Waals surface area contributed by atoms with Crippen LogP contribution in [0.5, 0.6) is 0 Å². The third kappa shape index (κ3) is 1.77. The second kappa shape index (κ2) is 3.94. The van der Waals surface area contributed by atoms with Gasteiger partial charge in [0.25, 0.3) is 0 Å². The molecule has 1 N–H and O–H groups in total. The van der Waals surface area contributed by atoms with Crippen LogP contribution < -0.4 is 5.32 Å². The predicted molar refractivity (Wildman–Crippen MR) is 69.3 cm³/mol. The van der Waals surface area contributed by atoms with Crippen molar-refractivity contribution in [3.63, 3.8) is 0 Å². The number of carbonyl (C=O) groups is 1. The molecule has 4 rings (SSSR count). The molecule has 4 fully saturated rings. The first-order valence-electron chi connectivity index (χ1n) is 7.14. The van der Waals surface area contributed by atoms with Crippen LogP contribution in [0.3, 0.4) is 0 Å². The fourth-order valence-electron chi connectivity index (χ4n) is 4.12. The summed E-state index contributed by atoms with van der Waals surface area (Å²) in [7, 11) is 2.06. The van der Waals surface area contributed by atoms with E-state index in [2.05, 4.69) is 31.1 Å². The lowest BCUT2D eigenvalue weighted by Gasteiger charge is -2.45. The van der Waals surface area contributed by atoms with Crippen molar-refractivity contribution in [2.75, 3.05) is 13.6 Å². The van der Waals surface area contributed by atoms with E-state index in [0.717, 1.165) is 25.8 Å². The van der Waals surface area contributed by atoms with Gasteiger partial charge in [0.2, 0.25) is 5.91 Å². The van der Waals surface area contributed by atoms with Gasteiger partial charge in [0.1, 0.15) is 0 Å². The van der Waals surface area contributed by atoms with Gasteiger partial charge in [-0.15, -0.1) is 0 Å². The molecule has 1 aliphatic carbocycles. The summed E-state index contributed by atoms with van der Waals surface area (Å²) in [5.74, 6) is 0.205. The molecule has 18 heavy (non-hydrogen) atoms. The maximum Gasteiger partial charge on any atom is 0.237 e. The molecule has 102 valence electrons. The molecular weight excluding hydrogens is 228 g/mol. The number of fused-ring (bicyclic) bond motifs is 1. The maximum atomic E-state index is 12.4. The highest BCUT2D eigenvalue weighted by Crippen LogP contribution is 2.55. The maximum absolute atomic E-state index is 12.4. The SMILES string of the molecule is CC1OC2(C)CC1(NC(=O)C1CCCCN1C)C2. The number of piperidine rings is 1. The normalized spacial score (nSPS) is 47.7. The first-order valence-corrected chi connectivity index (χ1v) is 7.14. The molecule has 3 heterocycles. The van der Waals surface area contributed by atoms with Crippen molar-refractivity contribution in [2.24, 2.45) is 0 Å². The Balaban J connectivity index is 1.65. The zero-order valence-corrected chi connectivity index (χ0v) is 11.7. The topological polar surface area (TPSA) is 41.6 Å². The largest absolute Gasteiger partial charge is 0.370 e. The molecule has 1 saturated carbocycles. The summed E-state index contributed by atoms with van der Waals surface area (Å²) in [6.45, 7) is 5.27. The summed E-state index contributed by atoms with van der Waals surface area (Å²) in [4.78, 5) is 14.6. The summed E-state index contributed by atoms with van der Waals surface area (Å²) in [5.41, 5.74) is -0.0602. The van der Waals surface area contributed by atoms with E-state index in [-0.39, 0.29) is 29.2 Å². The van der Waals surface area contributed by atoms with E-state index >= 15 is 0 Å². The molecule has 4 nitrogen and oxygen atoms in total. The second-order valence-corrected chi connectivity index (χ2v) is 6.70. The molecule has 0 aromatic carbocycles. The lowest BCUT2D eigenvalue weighted by atomic mass is 9.67. The van der Waals surface area contributed by atoms with Gasteiger partial charge in [0, 0.05) is 12.8 Å². The Morgan fingerprint density at radius 3 is 2.67 bits per heavy atom. The molecule has 0 aromatic rings. The van der Waals surface area contributed by atoms with Crippen LogP contribution in [-0.2, 0) is 9.53 Å². The molecule has 2 unspecified atom stereocenters. The van der Waals surface area contributed by atoms with E-state index < -0.39 is 0 Å². The smallest absolute Gasteiger partial charge is 0.237 e. The summed E-state index contributed by atoms with van der Waals surface area (Å²) >= 11 is 0. The van der Waals surface area contributed by atoms with Gasteiger partial charge in [0.05, 0.1) is 23.3 Å². The standard InChI is InChI=1S/C14H24N2O2/c1-10-14(8-13(2,9-14)18-10)15-12(17)11-6-4-5-7-16(11)3/h10-11H,4-9H2,1-3H3,(H,15,17). The van der Waals surface area contributed by atoms with Crippen LogP contribution in [0.25, 0.3) is 0 Å². The zero-order chi connectivity index (χ0) is 13.0. The Kier molecular flexibility index (Phi) is 2.72. The van der Waals surface area contributed by atoms with Crippen molar-refractivity contribution in [3.05, 3.63) is 0 Å². The van der Waals surface area contributed by atoms with Gasteiger partial charge in [-0.2, -0.15) is 0 Å². The van der Waals surface area contributed by atoms with E-state index in [0.29, 0.717) is 0 Å². The molecule has 0 radical (unpaired) electrons. The highest BCUT2D eigenvalue weighted by Gasteiger charge is 2.64. The number of likely N-dealkylation sites (N-methyl/N-ethyl adjacent to an activating group) is 1. The summed E-state index contributed by atoms with van der Waals surface area (Å²) in [6, 6.07) is 0.0628. The summed E-state index contributed by atoms with van der Waals surface area (Å²) < 4.78 is 5.91. The fourth-order valence-corrected chi connectivity index (χ4v) is 4.12. The minimum absolute atomic E-state index is 0.0190. The van der Waals surface area contributed by atoms with Gasteiger partial charge in [-0.25, -0.2) is 0 Å². The molecule has 4 aliphatic rings. The Hall–Kier alpha value is -0.610. The molecular formula is C14H24N2O2. The number of likely N-dealkylation sites (tertiary alicyclic amines) is 1. The van der Waals surface area contributed by atoms with Crippen molar-refractivity contribution in [2.45, 2.75) is 69.2 Å². The fraction of sp³-hybridized carbons (Fsp3) is 0.929. The Morgan fingerprint density at radius 1 is 1.39 bits per heavy atom. The van der Waals surface area contributed by atoms with Gasteiger partial charge >= 0.3 is 0 Å². The van der Waals surface area contributed by atoms with Crippen LogP contribution in [0, 0.1) is 0 Å². The number of ether oxygens (including phenoxy) is 1. The zero-order valence-electron chi connectivity index (χ0n) is 11.7. The van der Waals surface area contributed by atoms with Gasteiger partial charge in [-0.1, -0.05) is 6.42 Å². The van der Waals surface area contributed by atoms with Gasteiger partial charge in [-0.3, -0.25) is 9.69 Å². The van der Waals surface area contributed by atoms with Crippen molar-refractivity contribution >= 4 is 5.91 Å². The third-order valence-electron chi connectivity index (χ3n) is 5.06. The molecule has 0 spiro atoms. The van der Waals surface area contributed by atoms with E-state index in [4.69, 9.17) is 4.74 Å². The van der Waals surface area contributed by atoms with Crippen LogP contribution in [0.15, 0.2) is 0 Å². The number of nitrogens with zero attached hydrogens (tertiary/aromatic N) is 1. The number of amides is 1. The summed E-state index contributed by atoms with van der Waals surface area (Å²) in [6.07, 6.45) is 5.47. The molecule has 0 aromatic heterocycles. The number of nitrogens with one attached hydrogen (secondary N) is 1. The van der Waals surface area contributed by atoms with Gasteiger partial charge < -0.3 is 10.1 Å². The van der Waals surface area contributed by atoms with E-state index in [9.17, 15) is 4.79 Å². The molecule has 2 atom stereocenters. The average Bonchev–Trinajstić information content (AvgIpc) is 2.63. The molecule has 1 amide bonds. The minimum atomic E-state index is -0.0792. The number of carbonyl (C=O) groups excluding carboxylic acids is 1. The van der Waals surface area contributed by atoms with Crippen molar-refractivity contribution < 1.29 is 9.53 Å². The Bertz CT molecular complexity index is 363. The molecule has 4 heteroatoms. The van der Waals surface area contributed by atoms with Crippen LogP contribution in [0.4, 0.5) is 0 Å². The lowest BCUT2D eigenvalue weighted by Crippen LogP contribution is -2.63. The highest BCUT2D eigenvalue weighted by atomic mass is 16.5. The van der Waals surface area contributed by atoms with Crippen molar-refractivity contribution in [1.29, 1.82) is 0 Å². The summed E-state index contributed by atoms with van der Waals surface area (Å²) in [5, 5.41) is 3.29. The van der Waals surface area contributed by atoms with Crippen LogP contribution in [0.2, 0.25) is 0 Å². The van der Waals surface area contributed by atoms with E-state index in [1.165, 1.54) is 12.8 Å².